The van der Waals surface area contributed by atoms with Crippen LogP contribution < -0.4 is 5.32 Å². The average Bonchev–Trinajstić information content (AvgIpc) is 3.10. The maximum Gasteiger partial charge on any atom is 0.128 e. The molecule has 0 aliphatic carbocycles. The fourth-order valence-corrected chi connectivity index (χ4v) is 3.22. The molecule has 0 saturated heterocycles. The van der Waals surface area contributed by atoms with E-state index in [1.165, 1.54) is 4.70 Å². The lowest BCUT2D eigenvalue weighted by molar-refractivity contribution is 0.835. The molecule has 4 nitrogen and oxygen atoms in total. The van der Waals surface area contributed by atoms with E-state index >= 15 is 0 Å². The van der Waals surface area contributed by atoms with Gasteiger partial charge < -0.3 is 9.88 Å². The average molecular weight is 294 g/mol. The van der Waals surface area contributed by atoms with Crippen molar-refractivity contribution in [2.24, 2.45) is 7.05 Å². The molecule has 4 rings (SSSR count). The molecule has 0 unspecified atom stereocenters. The number of fused-ring (bicyclic) bond motifs is 2. The first kappa shape index (κ1) is 12.3. The van der Waals surface area contributed by atoms with Gasteiger partial charge in [-0.05, 0) is 30.3 Å². The third-order valence-electron chi connectivity index (χ3n) is 3.66. The topological polar surface area (TPSA) is 42.7 Å². The largest absolute Gasteiger partial charge is 0.378 e. The lowest BCUT2D eigenvalue weighted by Gasteiger charge is -2.06. The second kappa shape index (κ2) is 4.86. The molecule has 0 atom stereocenters. The number of aryl methyl sites for hydroxylation is 1. The Kier molecular flexibility index (Phi) is 2.86. The smallest absolute Gasteiger partial charge is 0.128 e. The van der Waals surface area contributed by atoms with Crippen LogP contribution in [-0.4, -0.2) is 14.5 Å². The van der Waals surface area contributed by atoms with Gasteiger partial charge in [0.15, 0.2) is 0 Å². The standard InChI is InChI=1S/C16H14N4S/c1-20-14-5-3-2-4-12(14)19-16(20)9-17-11-6-7-13-15(8-11)21-10-18-13/h2-8,10,17H,9H2,1H3. The van der Waals surface area contributed by atoms with Crippen molar-refractivity contribution in [3.8, 4) is 0 Å². The van der Waals surface area contributed by atoms with Crippen LogP contribution in [0.3, 0.4) is 0 Å². The normalized spacial score (nSPS) is 11.3. The molecule has 5 heteroatoms. The summed E-state index contributed by atoms with van der Waals surface area (Å²) >= 11 is 1.66. The van der Waals surface area contributed by atoms with Crippen LogP contribution in [-0.2, 0) is 13.6 Å². The molecule has 1 N–H and O–H groups in total. The van der Waals surface area contributed by atoms with Crippen molar-refractivity contribution >= 4 is 38.3 Å². The minimum atomic E-state index is 0.704. The van der Waals surface area contributed by atoms with Crippen LogP contribution >= 0.6 is 11.3 Å². The number of nitrogens with zero attached hydrogens (tertiary/aromatic N) is 3. The predicted molar refractivity (Wildman–Crippen MR) is 87.7 cm³/mol. The first-order chi connectivity index (χ1) is 10.3. The fraction of sp³-hybridized carbons (Fsp3) is 0.125. The minimum Gasteiger partial charge on any atom is -0.378 e. The predicted octanol–water partition coefficient (Wildman–Crippen LogP) is 3.80. The molecule has 0 saturated carbocycles. The second-order valence-corrected chi connectivity index (χ2v) is 5.85. The molecule has 0 spiro atoms. The Hall–Kier alpha value is -2.40. The number of aromatic nitrogens is 3. The van der Waals surface area contributed by atoms with Crippen molar-refractivity contribution in [2.45, 2.75) is 6.54 Å². The Morgan fingerprint density at radius 3 is 2.95 bits per heavy atom. The third-order valence-corrected chi connectivity index (χ3v) is 4.45. The van der Waals surface area contributed by atoms with Crippen molar-refractivity contribution in [3.05, 3.63) is 53.8 Å². The molecule has 2 aromatic carbocycles. The van der Waals surface area contributed by atoms with Crippen LogP contribution in [0.2, 0.25) is 0 Å². The fourth-order valence-electron chi connectivity index (χ4n) is 2.50. The van der Waals surface area contributed by atoms with Gasteiger partial charge in [-0.3, -0.25) is 0 Å². The van der Waals surface area contributed by atoms with Gasteiger partial charge in [0.25, 0.3) is 0 Å². The van der Waals surface area contributed by atoms with Crippen molar-refractivity contribution in [3.63, 3.8) is 0 Å². The van der Waals surface area contributed by atoms with Crippen LogP contribution in [0.1, 0.15) is 5.82 Å². The summed E-state index contributed by atoms with van der Waals surface area (Å²) in [5.74, 6) is 1.03. The van der Waals surface area contributed by atoms with Gasteiger partial charge in [0.2, 0.25) is 0 Å². The van der Waals surface area contributed by atoms with Gasteiger partial charge in [0, 0.05) is 12.7 Å². The Morgan fingerprint density at radius 1 is 1.14 bits per heavy atom. The van der Waals surface area contributed by atoms with E-state index in [-0.39, 0.29) is 0 Å². The van der Waals surface area contributed by atoms with E-state index in [1.807, 2.05) is 29.8 Å². The van der Waals surface area contributed by atoms with Crippen LogP contribution in [0.15, 0.2) is 48.0 Å². The summed E-state index contributed by atoms with van der Waals surface area (Å²) in [6, 6.07) is 14.4. The SMILES string of the molecule is Cn1c(CNc2ccc3ncsc3c2)nc2ccccc21. The molecule has 0 bridgehead atoms. The van der Waals surface area contributed by atoms with Gasteiger partial charge in [0.1, 0.15) is 5.82 Å². The summed E-state index contributed by atoms with van der Waals surface area (Å²) in [4.78, 5) is 8.97. The summed E-state index contributed by atoms with van der Waals surface area (Å²) in [6.45, 7) is 0.704. The first-order valence-electron chi connectivity index (χ1n) is 6.79. The molecule has 2 heterocycles. The summed E-state index contributed by atoms with van der Waals surface area (Å²) in [5, 5.41) is 3.44. The van der Waals surface area contributed by atoms with E-state index in [9.17, 15) is 0 Å². The number of hydrogen-bond donors (Lipinski definition) is 1. The molecule has 21 heavy (non-hydrogen) atoms. The van der Waals surface area contributed by atoms with Crippen molar-refractivity contribution in [1.29, 1.82) is 0 Å². The van der Waals surface area contributed by atoms with Crippen molar-refractivity contribution < 1.29 is 0 Å². The quantitative estimate of drug-likeness (QED) is 0.625. The highest BCUT2D eigenvalue weighted by atomic mass is 32.1. The van der Waals surface area contributed by atoms with Crippen molar-refractivity contribution in [2.75, 3.05) is 5.32 Å². The van der Waals surface area contributed by atoms with Gasteiger partial charge in [-0.15, -0.1) is 11.3 Å². The van der Waals surface area contributed by atoms with E-state index in [1.54, 1.807) is 11.3 Å². The van der Waals surface area contributed by atoms with Crippen molar-refractivity contribution in [1.82, 2.24) is 14.5 Å². The molecule has 0 amide bonds. The monoisotopic (exact) mass is 294 g/mol. The minimum absolute atomic E-state index is 0.704. The second-order valence-electron chi connectivity index (χ2n) is 4.96. The van der Waals surface area contributed by atoms with Gasteiger partial charge in [0.05, 0.1) is 33.3 Å². The van der Waals surface area contributed by atoms with E-state index in [0.29, 0.717) is 6.54 Å². The van der Waals surface area contributed by atoms with Crippen LogP contribution in [0.25, 0.3) is 21.3 Å². The molecular formula is C16H14N4S. The molecule has 0 aliphatic rings. The first-order valence-corrected chi connectivity index (χ1v) is 7.67. The third kappa shape index (κ3) is 2.15. The zero-order valence-electron chi connectivity index (χ0n) is 11.6. The number of nitrogens with one attached hydrogen (secondary N) is 1. The molecule has 0 aliphatic heterocycles. The maximum absolute atomic E-state index is 4.67. The van der Waals surface area contributed by atoms with Crippen LogP contribution in [0.5, 0.6) is 0 Å². The number of benzene rings is 2. The number of hydrogen-bond acceptors (Lipinski definition) is 4. The lowest BCUT2D eigenvalue weighted by atomic mass is 10.3. The Bertz CT molecular complexity index is 922. The summed E-state index contributed by atoms with van der Waals surface area (Å²) in [6.07, 6.45) is 0. The highest BCUT2D eigenvalue weighted by molar-refractivity contribution is 7.16. The highest BCUT2D eigenvalue weighted by Crippen LogP contribution is 2.22. The summed E-state index contributed by atoms with van der Waals surface area (Å²) in [5.41, 5.74) is 6.22. The van der Waals surface area contributed by atoms with Crippen LogP contribution in [0.4, 0.5) is 5.69 Å². The summed E-state index contributed by atoms with van der Waals surface area (Å²) in [7, 11) is 2.05. The van der Waals surface area contributed by atoms with Gasteiger partial charge >= 0.3 is 0 Å². The van der Waals surface area contributed by atoms with E-state index in [2.05, 4.69) is 45.1 Å². The number of rotatable bonds is 3. The Morgan fingerprint density at radius 2 is 2.05 bits per heavy atom. The Labute approximate surface area is 126 Å². The van der Waals surface area contributed by atoms with Gasteiger partial charge in [-0.2, -0.15) is 0 Å². The zero-order valence-corrected chi connectivity index (χ0v) is 12.4. The van der Waals surface area contributed by atoms with Gasteiger partial charge in [-0.25, -0.2) is 9.97 Å². The Balaban J connectivity index is 1.61. The lowest BCUT2D eigenvalue weighted by Crippen LogP contribution is -2.05. The van der Waals surface area contributed by atoms with E-state index < -0.39 is 0 Å². The molecule has 4 aromatic rings. The number of anilines is 1. The molecule has 0 fully saturated rings. The van der Waals surface area contributed by atoms with E-state index in [0.717, 1.165) is 28.1 Å². The summed E-state index contributed by atoms with van der Waals surface area (Å²) < 4.78 is 3.33. The van der Waals surface area contributed by atoms with Gasteiger partial charge in [-0.1, -0.05) is 12.1 Å². The number of thiazole rings is 1. The number of imidazole rings is 1. The molecule has 0 radical (unpaired) electrons. The number of para-hydroxylation sites is 2. The molecule has 2 aromatic heterocycles. The van der Waals surface area contributed by atoms with Crippen LogP contribution in [0, 0.1) is 0 Å². The van der Waals surface area contributed by atoms with E-state index in [4.69, 9.17) is 0 Å². The molecule has 104 valence electrons. The molecular weight excluding hydrogens is 280 g/mol. The highest BCUT2D eigenvalue weighted by Gasteiger charge is 2.07. The zero-order chi connectivity index (χ0) is 14.2. The maximum atomic E-state index is 4.67.